The Kier molecular flexibility index (Phi) is 4.30. The molecule has 1 aromatic carbocycles. The quantitative estimate of drug-likeness (QED) is 0.734. The number of carbonyl (C=O) groups is 1. The van der Waals surface area contributed by atoms with Gasteiger partial charge in [0.25, 0.3) is 0 Å². The van der Waals surface area contributed by atoms with Crippen LogP contribution < -0.4 is 0 Å². The van der Waals surface area contributed by atoms with Crippen LogP contribution in [0.25, 0.3) is 5.69 Å². The molecule has 0 N–H and O–H groups in total. The number of ether oxygens (including phenoxy) is 2. The average molecular weight is 394 g/mol. The van der Waals surface area contributed by atoms with E-state index in [0.717, 1.165) is 18.6 Å². The van der Waals surface area contributed by atoms with Gasteiger partial charge in [0.2, 0.25) is 0 Å². The molecule has 1 aliphatic heterocycles. The number of alkyl halides is 3. The number of esters is 1. The van der Waals surface area contributed by atoms with Crippen molar-refractivity contribution in [3.63, 3.8) is 0 Å². The van der Waals surface area contributed by atoms with E-state index in [0.29, 0.717) is 12.3 Å². The predicted molar refractivity (Wildman–Crippen MR) is 94.1 cm³/mol. The molecule has 1 aliphatic carbocycles. The summed E-state index contributed by atoms with van der Waals surface area (Å²) in [7, 11) is 0. The zero-order valence-corrected chi connectivity index (χ0v) is 15.8. The predicted octanol–water partition coefficient (Wildman–Crippen LogP) is 4.17. The molecule has 0 radical (unpaired) electrons. The molecule has 28 heavy (non-hydrogen) atoms. The fourth-order valence-electron chi connectivity index (χ4n) is 4.38. The van der Waals surface area contributed by atoms with Gasteiger partial charge in [0.15, 0.2) is 0 Å². The zero-order chi connectivity index (χ0) is 20.3. The van der Waals surface area contributed by atoms with Crippen molar-refractivity contribution in [2.75, 3.05) is 6.61 Å². The average Bonchev–Trinajstić information content (AvgIpc) is 3.24. The van der Waals surface area contributed by atoms with Crippen LogP contribution in [0.15, 0.2) is 30.5 Å². The molecule has 2 aliphatic rings. The molecule has 150 valence electrons. The maximum absolute atomic E-state index is 13.0. The Labute approximate surface area is 160 Å². The number of carbonyl (C=O) groups excluding carboxylic acids is 1. The van der Waals surface area contributed by atoms with Crippen molar-refractivity contribution in [2.45, 2.75) is 45.6 Å². The van der Waals surface area contributed by atoms with Gasteiger partial charge in [-0.2, -0.15) is 18.3 Å². The normalized spacial score (nSPS) is 25.9. The SMILES string of the molecule is Cc1c(C(=O)O[C@@H]2[C@@H]3CCO[C@@H]3C2(C)C)cnn1-c1cccc(C(F)(F)F)c1. The fourth-order valence-corrected chi connectivity index (χ4v) is 4.38. The van der Waals surface area contributed by atoms with Crippen LogP contribution in [0.5, 0.6) is 0 Å². The molecule has 1 saturated carbocycles. The third kappa shape index (κ3) is 2.90. The van der Waals surface area contributed by atoms with E-state index in [1.165, 1.54) is 23.0 Å². The number of benzene rings is 1. The van der Waals surface area contributed by atoms with E-state index in [-0.39, 0.29) is 34.8 Å². The fraction of sp³-hybridized carbons (Fsp3) is 0.500. The first-order chi connectivity index (χ1) is 13.1. The van der Waals surface area contributed by atoms with Crippen molar-refractivity contribution >= 4 is 5.97 Å². The molecule has 4 rings (SSSR count). The molecule has 8 heteroatoms. The second-order valence-electron chi connectivity index (χ2n) is 7.99. The van der Waals surface area contributed by atoms with E-state index >= 15 is 0 Å². The zero-order valence-electron chi connectivity index (χ0n) is 15.8. The summed E-state index contributed by atoms with van der Waals surface area (Å²) < 4.78 is 51.7. The maximum Gasteiger partial charge on any atom is 0.416 e. The summed E-state index contributed by atoms with van der Waals surface area (Å²) in [5, 5.41) is 4.11. The molecule has 2 fully saturated rings. The second kappa shape index (κ2) is 6.34. The highest BCUT2D eigenvalue weighted by molar-refractivity contribution is 5.90. The van der Waals surface area contributed by atoms with Gasteiger partial charge in [0, 0.05) is 17.9 Å². The van der Waals surface area contributed by atoms with E-state index < -0.39 is 17.7 Å². The van der Waals surface area contributed by atoms with Gasteiger partial charge in [-0.25, -0.2) is 9.48 Å². The van der Waals surface area contributed by atoms with Gasteiger partial charge < -0.3 is 9.47 Å². The first-order valence-corrected chi connectivity index (χ1v) is 9.15. The topological polar surface area (TPSA) is 53.4 Å². The summed E-state index contributed by atoms with van der Waals surface area (Å²) in [6.07, 6.45) is -2.40. The smallest absolute Gasteiger partial charge is 0.416 e. The summed E-state index contributed by atoms with van der Waals surface area (Å²) in [5.41, 5.74) is -0.120. The number of fused-ring (bicyclic) bond motifs is 1. The van der Waals surface area contributed by atoms with Crippen LogP contribution in [0.1, 0.15) is 41.9 Å². The second-order valence-corrected chi connectivity index (χ2v) is 7.99. The third-order valence-corrected chi connectivity index (χ3v) is 5.87. The monoisotopic (exact) mass is 394 g/mol. The van der Waals surface area contributed by atoms with Gasteiger partial charge in [0.1, 0.15) is 11.7 Å². The first kappa shape index (κ1) is 19.0. The molecule has 0 unspecified atom stereocenters. The number of rotatable bonds is 3. The Morgan fingerprint density at radius 2 is 2.11 bits per heavy atom. The van der Waals surface area contributed by atoms with Crippen molar-refractivity contribution in [2.24, 2.45) is 11.3 Å². The van der Waals surface area contributed by atoms with Crippen LogP contribution in [0, 0.1) is 18.3 Å². The molecule has 0 bridgehead atoms. The molecule has 0 amide bonds. The van der Waals surface area contributed by atoms with Crippen molar-refractivity contribution in [1.29, 1.82) is 0 Å². The maximum atomic E-state index is 13.0. The van der Waals surface area contributed by atoms with Gasteiger partial charge in [0.05, 0.1) is 29.2 Å². The van der Waals surface area contributed by atoms with Crippen molar-refractivity contribution in [3.8, 4) is 5.69 Å². The minimum atomic E-state index is -4.45. The molecule has 0 spiro atoms. The minimum Gasteiger partial charge on any atom is -0.458 e. The molecular weight excluding hydrogens is 373 g/mol. The highest BCUT2D eigenvalue weighted by Gasteiger charge is 2.61. The Bertz CT molecular complexity index is 920. The molecule has 5 nitrogen and oxygen atoms in total. The Balaban J connectivity index is 1.57. The van der Waals surface area contributed by atoms with E-state index in [1.807, 2.05) is 13.8 Å². The Hall–Kier alpha value is -2.35. The van der Waals surface area contributed by atoms with Crippen molar-refractivity contribution < 1.29 is 27.4 Å². The van der Waals surface area contributed by atoms with Crippen molar-refractivity contribution in [3.05, 3.63) is 47.3 Å². The number of hydrogen-bond donors (Lipinski definition) is 0. The molecule has 1 aromatic heterocycles. The molecule has 2 aromatic rings. The van der Waals surface area contributed by atoms with Crippen LogP contribution in [0.4, 0.5) is 13.2 Å². The lowest BCUT2D eigenvalue weighted by molar-refractivity contribution is -0.183. The summed E-state index contributed by atoms with van der Waals surface area (Å²) in [4.78, 5) is 12.7. The summed E-state index contributed by atoms with van der Waals surface area (Å²) >= 11 is 0. The van der Waals surface area contributed by atoms with E-state index in [4.69, 9.17) is 9.47 Å². The van der Waals surface area contributed by atoms with Crippen molar-refractivity contribution in [1.82, 2.24) is 9.78 Å². The van der Waals surface area contributed by atoms with Crippen LogP contribution in [0.2, 0.25) is 0 Å². The number of aromatic nitrogens is 2. The lowest BCUT2D eigenvalue weighted by atomic mass is 9.59. The first-order valence-electron chi connectivity index (χ1n) is 9.15. The highest BCUT2D eigenvalue weighted by Crippen LogP contribution is 2.53. The Morgan fingerprint density at radius 3 is 2.82 bits per heavy atom. The number of halogens is 3. The summed E-state index contributed by atoms with van der Waals surface area (Å²) in [6.45, 7) is 6.32. The van der Waals surface area contributed by atoms with Crippen LogP contribution in [-0.4, -0.2) is 34.6 Å². The van der Waals surface area contributed by atoms with Crippen LogP contribution in [-0.2, 0) is 15.7 Å². The molecular formula is C20H21F3N2O3. The lowest BCUT2D eigenvalue weighted by Crippen LogP contribution is -2.61. The molecule has 1 saturated heterocycles. The van der Waals surface area contributed by atoms with Crippen LogP contribution in [0.3, 0.4) is 0 Å². The Morgan fingerprint density at radius 1 is 1.36 bits per heavy atom. The third-order valence-electron chi connectivity index (χ3n) is 5.87. The lowest BCUT2D eigenvalue weighted by Gasteiger charge is -2.53. The standard InChI is InChI=1S/C20H21F3N2O3/c1-11-15(18(26)28-17-14-7-8-27-16(14)19(17,2)3)10-24-25(11)13-6-4-5-12(9-13)20(21,22)23/h4-6,9-10,14,16-17H,7-8H2,1-3H3/t14-,16+,17-/m1/s1. The van der Waals surface area contributed by atoms with E-state index in [1.54, 1.807) is 6.92 Å². The molecule has 2 heterocycles. The minimum absolute atomic E-state index is 0.0965. The number of hydrogen-bond acceptors (Lipinski definition) is 4. The van der Waals surface area contributed by atoms with Gasteiger partial charge in [-0.05, 0) is 31.5 Å². The molecule has 3 atom stereocenters. The highest BCUT2D eigenvalue weighted by atomic mass is 19.4. The number of nitrogens with zero attached hydrogens (tertiary/aromatic N) is 2. The van der Waals surface area contributed by atoms with Gasteiger partial charge >= 0.3 is 12.1 Å². The largest absolute Gasteiger partial charge is 0.458 e. The summed E-state index contributed by atoms with van der Waals surface area (Å²) in [5.74, 6) is -0.322. The van der Waals surface area contributed by atoms with Gasteiger partial charge in [-0.3, -0.25) is 0 Å². The van der Waals surface area contributed by atoms with E-state index in [9.17, 15) is 18.0 Å². The van der Waals surface area contributed by atoms with Gasteiger partial charge in [-0.1, -0.05) is 19.9 Å². The van der Waals surface area contributed by atoms with E-state index in [2.05, 4.69) is 5.10 Å². The van der Waals surface area contributed by atoms with Crippen LogP contribution >= 0.6 is 0 Å². The van der Waals surface area contributed by atoms with Gasteiger partial charge in [-0.15, -0.1) is 0 Å². The summed E-state index contributed by atoms with van der Waals surface area (Å²) in [6, 6.07) is 4.83.